The van der Waals surface area contributed by atoms with Crippen LogP contribution in [-0.2, 0) is 4.74 Å². The van der Waals surface area contributed by atoms with Crippen LogP contribution in [-0.4, -0.2) is 52.7 Å². The van der Waals surface area contributed by atoms with E-state index in [0.717, 1.165) is 25.2 Å². The Morgan fingerprint density at radius 1 is 1.45 bits per heavy atom. The number of likely N-dealkylation sites (tertiary alicyclic amines) is 1. The maximum absolute atomic E-state index is 12.2. The molecule has 1 unspecified atom stereocenters. The summed E-state index contributed by atoms with van der Waals surface area (Å²) in [7, 11) is 1.96. The van der Waals surface area contributed by atoms with Crippen molar-refractivity contribution in [2.75, 3.05) is 25.0 Å². The van der Waals surface area contributed by atoms with E-state index in [-0.39, 0.29) is 12.1 Å². The van der Waals surface area contributed by atoms with Crippen molar-refractivity contribution < 1.29 is 9.53 Å². The molecule has 1 aromatic rings. The Bertz CT molecular complexity index is 533. The van der Waals surface area contributed by atoms with Gasteiger partial charge in [-0.15, -0.1) is 0 Å². The average molecular weight is 327 g/mol. The highest BCUT2D eigenvalue weighted by molar-refractivity contribution is 6.29. The van der Waals surface area contributed by atoms with E-state index in [1.165, 1.54) is 6.33 Å². The van der Waals surface area contributed by atoms with Gasteiger partial charge in [-0.1, -0.05) is 11.6 Å². The van der Waals surface area contributed by atoms with Gasteiger partial charge in [0, 0.05) is 32.2 Å². The molecule has 0 saturated carbocycles. The number of ether oxygens (including phenoxy) is 1. The van der Waals surface area contributed by atoms with Crippen LogP contribution in [0.25, 0.3) is 0 Å². The van der Waals surface area contributed by atoms with E-state index < -0.39 is 5.60 Å². The quantitative estimate of drug-likeness (QED) is 0.782. The molecule has 0 spiro atoms. The van der Waals surface area contributed by atoms with Gasteiger partial charge in [-0.25, -0.2) is 14.8 Å². The van der Waals surface area contributed by atoms with Crippen molar-refractivity contribution in [1.29, 1.82) is 0 Å². The van der Waals surface area contributed by atoms with Crippen molar-refractivity contribution in [2.45, 2.75) is 45.3 Å². The smallest absolute Gasteiger partial charge is 0.410 e. The molecule has 122 valence electrons. The molecule has 2 heterocycles. The van der Waals surface area contributed by atoms with Gasteiger partial charge in [-0.05, 0) is 33.6 Å². The van der Waals surface area contributed by atoms with Gasteiger partial charge in [-0.2, -0.15) is 0 Å². The maximum Gasteiger partial charge on any atom is 0.410 e. The number of hydrogen-bond donors (Lipinski definition) is 0. The second-order valence-electron chi connectivity index (χ2n) is 6.53. The van der Waals surface area contributed by atoms with E-state index in [9.17, 15) is 4.79 Å². The van der Waals surface area contributed by atoms with Gasteiger partial charge in [-0.3, -0.25) is 0 Å². The standard InChI is InChI=1S/C15H23ClN4O2/c1-15(2,3)22-14(21)20-7-5-6-11(9-20)19(4)13-8-12(16)17-10-18-13/h8,10-11H,5-7,9H2,1-4H3. The van der Waals surface area contributed by atoms with Gasteiger partial charge in [0.15, 0.2) is 0 Å². The molecule has 1 saturated heterocycles. The summed E-state index contributed by atoms with van der Waals surface area (Å²) in [4.78, 5) is 24.2. The number of rotatable bonds is 2. The van der Waals surface area contributed by atoms with Crippen molar-refractivity contribution in [3.63, 3.8) is 0 Å². The monoisotopic (exact) mass is 326 g/mol. The number of nitrogens with zero attached hydrogens (tertiary/aromatic N) is 4. The SMILES string of the molecule is CN(c1cc(Cl)ncn1)C1CCCN(C(=O)OC(C)(C)C)C1. The summed E-state index contributed by atoms with van der Waals surface area (Å²) in [5.74, 6) is 0.760. The summed E-state index contributed by atoms with van der Waals surface area (Å²) in [6.07, 6.45) is 3.12. The normalized spacial score (nSPS) is 19.0. The number of carbonyl (C=O) groups is 1. The first kappa shape index (κ1) is 16.8. The molecule has 2 rings (SSSR count). The highest BCUT2D eigenvalue weighted by atomic mass is 35.5. The zero-order valence-electron chi connectivity index (χ0n) is 13.5. The van der Waals surface area contributed by atoms with Crippen molar-refractivity contribution in [1.82, 2.24) is 14.9 Å². The lowest BCUT2D eigenvalue weighted by atomic mass is 10.0. The Balaban J connectivity index is 2.02. The fourth-order valence-electron chi connectivity index (χ4n) is 2.47. The van der Waals surface area contributed by atoms with Crippen molar-refractivity contribution >= 4 is 23.5 Å². The minimum Gasteiger partial charge on any atom is -0.444 e. The van der Waals surface area contributed by atoms with Crippen LogP contribution in [0.5, 0.6) is 0 Å². The first-order valence-electron chi connectivity index (χ1n) is 7.44. The molecule has 1 aliphatic rings. The Morgan fingerprint density at radius 3 is 2.82 bits per heavy atom. The van der Waals surface area contributed by atoms with Crippen molar-refractivity contribution in [2.24, 2.45) is 0 Å². The lowest BCUT2D eigenvalue weighted by Gasteiger charge is -2.38. The van der Waals surface area contributed by atoms with Crippen LogP contribution >= 0.6 is 11.6 Å². The molecule has 7 heteroatoms. The minimum absolute atomic E-state index is 0.187. The second kappa shape index (κ2) is 6.69. The molecule has 6 nitrogen and oxygen atoms in total. The maximum atomic E-state index is 12.2. The molecular formula is C15H23ClN4O2. The summed E-state index contributed by atoms with van der Waals surface area (Å²) < 4.78 is 5.45. The number of halogens is 1. The molecule has 22 heavy (non-hydrogen) atoms. The molecule has 1 atom stereocenters. The zero-order chi connectivity index (χ0) is 16.3. The van der Waals surface area contributed by atoms with Crippen molar-refractivity contribution in [3.05, 3.63) is 17.5 Å². The molecule has 0 bridgehead atoms. The van der Waals surface area contributed by atoms with Crippen LogP contribution in [0.3, 0.4) is 0 Å². The number of aromatic nitrogens is 2. The number of amides is 1. The highest BCUT2D eigenvalue weighted by Crippen LogP contribution is 2.22. The fraction of sp³-hybridized carbons (Fsp3) is 0.667. The highest BCUT2D eigenvalue weighted by Gasteiger charge is 2.29. The molecule has 1 fully saturated rings. The number of likely N-dealkylation sites (N-methyl/N-ethyl adjacent to an activating group) is 1. The lowest BCUT2D eigenvalue weighted by Crippen LogP contribution is -2.50. The predicted octanol–water partition coefficient (Wildman–Crippen LogP) is 2.97. The molecule has 0 radical (unpaired) electrons. The number of piperidine rings is 1. The summed E-state index contributed by atoms with van der Waals surface area (Å²) in [5, 5.41) is 0.414. The van der Waals surface area contributed by atoms with Crippen LogP contribution in [0.15, 0.2) is 12.4 Å². The van der Waals surface area contributed by atoms with Gasteiger partial charge in [0.2, 0.25) is 0 Å². The molecule has 0 aliphatic carbocycles. The second-order valence-corrected chi connectivity index (χ2v) is 6.92. The topological polar surface area (TPSA) is 58.6 Å². The van der Waals surface area contributed by atoms with Crippen LogP contribution in [0.4, 0.5) is 10.6 Å². The van der Waals surface area contributed by atoms with Gasteiger partial charge in [0.1, 0.15) is 22.9 Å². The van der Waals surface area contributed by atoms with Crippen LogP contribution in [0.2, 0.25) is 5.15 Å². The zero-order valence-corrected chi connectivity index (χ0v) is 14.3. The van der Waals surface area contributed by atoms with E-state index >= 15 is 0 Å². The van der Waals surface area contributed by atoms with E-state index in [1.807, 2.05) is 32.7 Å². The van der Waals surface area contributed by atoms with E-state index in [4.69, 9.17) is 16.3 Å². The summed E-state index contributed by atoms with van der Waals surface area (Å²) in [5.41, 5.74) is -0.476. The minimum atomic E-state index is -0.476. The summed E-state index contributed by atoms with van der Waals surface area (Å²) in [6, 6.07) is 1.92. The average Bonchev–Trinajstić information content (AvgIpc) is 2.45. The van der Waals surface area contributed by atoms with E-state index in [1.54, 1.807) is 11.0 Å². The molecule has 1 amide bonds. The third-order valence-electron chi connectivity index (χ3n) is 3.58. The number of carbonyl (C=O) groups excluding carboxylic acids is 1. The van der Waals surface area contributed by atoms with Gasteiger partial charge in [0.05, 0.1) is 0 Å². The molecule has 0 N–H and O–H groups in total. The Morgan fingerprint density at radius 2 is 2.18 bits per heavy atom. The summed E-state index contributed by atoms with van der Waals surface area (Å²) >= 11 is 5.92. The van der Waals surface area contributed by atoms with E-state index in [2.05, 4.69) is 9.97 Å². The molecular weight excluding hydrogens is 304 g/mol. The number of anilines is 1. The predicted molar refractivity (Wildman–Crippen MR) is 86.3 cm³/mol. The first-order chi connectivity index (χ1) is 10.3. The molecule has 0 aromatic carbocycles. The van der Waals surface area contributed by atoms with Gasteiger partial charge >= 0.3 is 6.09 Å². The Hall–Kier alpha value is -1.56. The Labute approximate surface area is 136 Å². The largest absolute Gasteiger partial charge is 0.444 e. The van der Waals surface area contributed by atoms with Crippen molar-refractivity contribution in [3.8, 4) is 0 Å². The molecule has 1 aromatic heterocycles. The fourth-order valence-corrected chi connectivity index (χ4v) is 2.61. The Kier molecular flexibility index (Phi) is 5.11. The van der Waals surface area contributed by atoms with Crippen LogP contribution < -0.4 is 4.90 Å². The summed E-state index contributed by atoms with van der Waals surface area (Å²) in [6.45, 7) is 6.97. The van der Waals surface area contributed by atoms with Crippen LogP contribution in [0, 0.1) is 0 Å². The lowest BCUT2D eigenvalue weighted by molar-refractivity contribution is 0.0199. The van der Waals surface area contributed by atoms with Gasteiger partial charge in [0.25, 0.3) is 0 Å². The third kappa shape index (κ3) is 4.47. The first-order valence-corrected chi connectivity index (χ1v) is 7.82. The van der Waals surface area contributed by atoms with Crippen LogP contribution in [0.1, 0.15) is 33.6 Å². The van der Waals surface area contributed by atoms with Gasteiger partial charge < -0.3 is 14.5 Å². The van der Waals surface area contributed by atoms with E-state index in [0.29, 0.717) is 11.7 Å². The third-order valence-corrected chi connectivity index (χ3v) is 3.78. The molecule has 1 aliphatic heterocycles. The number of hydrogen-bond acceptors (Lipinski definition) is 5.